The number of ether oxygens (including phenoxy) is 2. The molecule has 0 amide bonds. The van der Waals surface area contributed by atoms with Crippen LogP contribution in [-0.2, 0) is 22.4 Å². The fraction of sp³-hybridized carbons (Fsp3) is 0.333. The minimum atomic E-state index is -0.543. The molecule has 8 heteroatoms. The number of nitrogens with zero attached hydrogens (tertiary/aromatic N) is 2. The van der Waals surface area contributed by atoms with Crippen molar-refractivity contribution in [3.05, 3.63) is 63.4 Å². The Morgan fingerprint density at radius 1 is 1.14 bits per heavy atom. The van der Waals surface area contributed by atoms with E-state index in [0.717, 1.165) is 12.1 Å². The largest absolute Gasteiger partial charge is 0.465 e. The zero-order chi connectivity index (χ0) is 21.6. The van der Waals surface area contributed by atoms with Crippen LogP contribution in [0.25, 0.3) is 11.0 Å². The van der Waals surface area contributed by atoms with Gasteiger partial charge in [0.25, 0.3) is 0 Å². The van der Waals surface area contributed by atoms with E-state index in [1.807, 2.05) is 18.4 Å². The second-order valence-electron chi connectivity index (χ2n) is 5.90. The van der Waals surface area contributed by atoms with Gasteiger partial charge in [-0.1, -0.05) is 13.8 Å². The summed E-state index contributed by atoms with van der Waals surface area (Å²) in [7, 11) is 2.88. The zero-order valence-corrected chi connectivity index (χ0v) is 18.3. The Hall–Kier alpha value is -2.32. The molecule has 0 saturated carbocycles. The molecular weight excluding hydrogens is 446 g/mol. The lowest BCUT2D eigenvalue weighted by molar-refractivity contribution is 0.0601. The van der Waals surface area contributed by atoms with Crippen LogP contribution in [0.3, 0.4) is 0 Å². The maximum absolute atomic E-state index is 14.3. The molecule has 0 bridgehead atoms. The fourth-order valence-electron chi connectivity index (χ4n) is 2.85. The molecule has 0 atom stereocenters. The van der Waals surface area contributed by atoms with Crippen LogP contribution < -0.4 is 0 Å². The Morgan fingerprint density at radius 3 is 2.52 bits per heavy atom. The van der Waals surface area contributed by atoms with Crippen molar-refractivity contribution in [2.24, 2.45) is 0 Å². The number of halogens is 3. The van der Waals surface area contributed by atoms with Crippen molar-refractivity contribution in [2.75, 3.05) is 20.8 Å². The molecule has 156 valence electrons. The summed E-state index contributed by atoms with van der Waals surface area (Å²) in [5.74, 6) is -0.980. The highest BCUT2D eigenvalue weighted by Crippen LogP contribution is 2.24. The van der Waals surface area contributed by atoms with Gasteiger partial charge >= 0.3 is 5.97 Å². The van der Waals surface area contributed by atoms with E-state index in [1.165, 1.54) is 7.11 Å². The normalized spacial score (nSPS) is 10.6. The smallest absolute Gasteiger partial charge is 0.337 e. The van der Waals surface area contributed by atoms with Gasteiger partial charge in [0.1, 0.15) is 17.5 Å². The van der Waals surface area contributed by atoms with Crippen molar-refractivity contribution in [3.63, 3.8) is 0 Å². The van der Waals surface area contributed by atoms with Crippen molar-refractivity contribution in [3.8, 4) is 0 Å². The van der Waals surface area contributed by atoms with Crippen LogP contribution in [0, 0.1) is 11.6 Å². The molecule has 0 aliphatic carbocycles. The van der Waals surface area contributed by atoms with Gasteiger partial charge in [0.2, 0.25) is 0 Å². The first kappa shape index (κ1) is 23.0. The molecule has 0 radical (unpaired) electrons. The van der Waals surface area contributed by atoms with Gasteiger partial charge in [-0.15, -0.1) is 0 Å². The topological polar surface area (TPSA) is 53.4 Å². The van der Waals surface area contributed by atoms with Crippen LogP contribution in [0.1, 0.15) is 35.6 Å². The van der Waals surface area contributed by atoms with Crippen LogP contribution in [0.2, 0.25) is 0 Å². The third-order valence-electron chi connectivity index (χ3n) is 4.21. The summed E-state index contributed by atoms with van der Waals surface area (Å²) in [5.41, 5.74) is 1.92. The van der Waals surface area contributed by atoms with E-state index in [0.29, 0.717) is 35.6 Å². The van der Waals surface area contributed by atoms with E-state index in [9.17, 15) is 13.6 Å². The number of benzene rings is 2. The van der Waals surface area contributed by atoms with Gasteiger partial charge in [0, 0.05) is 20.1 Å². The van der Waals surface area contributed by atoms with Crippen molar-refractivity contribution in [2.45, 2.75) is 26.8 Å². The Bertz CT molecular complexity index is 1010. The molecule has 1 aromatic heterocycles. The van der Waals surface area contributed by atoms with Gasteiger partial charge in [-0.3, -0.25) is 0 Å². The predicted octanol–water partition coefficient (Wildman–Crippen LogP) is 5.13. The van der Waals surface area contributed by atoms with E-state index in [-0.39, 0.29) is 16.5 Å². The zero-order valence-electron chi connectivity index (χ0n) is 16.8. The first-order valence-electron chi connectivity index (χ1n) is 9.14. The maximum Gasteiger partial charge on any atom is 0.337 e. The summed E-state index contributed by atoms with van der Waals surface area (Å²) in [4.78, 5) is 16.4. The quantitative estimate of drug-likeness (QED) is 0.371. The van der Waals surface area contributed by atoms with E-state index in [1.54, 1.807) is 25.3 Å². The number of carbonyl (C=O) groups is 1. The van der Waals surface area contributed by atoms with Gasteiger partial charge in [0.05, 0.1) is 34.8 Å². The molecule has 5 nitrogen and oxygen atoms in total. The number of aromatic nitrogens is 2. The highest BCUT2D eigenvalue weighted by Gasteiger charge is 2.17. The molecule has 0 spiro atoms. The maximum atomic E-state index is 14.3. The van der Waals surface area contributed by atoms with Crippen LogP contribution in [0.5, 0.6) is 0 Å². The number of hydrogen-bond acceptors (Lipinski definition) is 4. The third kappa shape index (κ3) is 5.19. The highest BCUT2D eigenvalue weighted by atomic mass is 79.9. The summed E-state index contributed by atoms with van der Waals surface area (Å²) in [6.07, 6.45) is 0.0992. The van der Waals surface area contributed by atoms with Gasteiger partial charge in [0.15, 0.2) is 0 Å². The lowest BCUT2D eigenvalue weighted by Crippen LogP contribution is -2.10. The summed E-state index contributed by atoms with van der Waals surface area (Å²) in [6, 6.07) is 7.24. The number of fused-ring (bicyclic) bond motifs is 1. The third-order valence-corrected chi connectivity index (χ3v) is 4.81. The second-order valence-corrected chi connectivity index (χ2v) is 6.76. The molecule has 29 heavy (non-hydrogen) atoms. The SMILES string of the molecule is CC.COCCn1c(Cc2cc(F)c(Br)cc2F)nc2ccc(C(=O)OC)cc21. The molecule has 0 unspecified atom stereocenters. The van der Waals surface area contributed by atoms with Crippen molar-refractivity contribution >= 4 is 32.9 Å². The minimum absolute atomic E-state index is 0.0688. The van der Waals surface area contributed by atoms with Crippen molar-refractivity contribution in [1.29, 1.82) is 0 Å². The first-order valence-corrected chi connectivity index (χ1v) is 9.93. The first-order chi connectivity index (χ1) is 13.9. The van der Waals surface area contributed by atoms with E-state index >= 15 is 0 Å². The molecule has 2 aromatic carbocycles. The molecule has 0 aliphatic rings. The summed E-state index contributed by atoms with van der Waals surface area (Å²) in [6.45, 7) is 4.85. The average molecular weight is 469 g/mol. The molecule has 3 rings (SSSR count). The Morgan fingerprint density at radius 2 is 1.86 bits per heavy atom. The lowest BCUT2D eigenvalue weighted by Gasteiger charge is -2.10. The van der Waals surface area contributed by atoms with Crippen LogP contribution >= 0.6 is 15.9 Å². The summed E-state index contributed by atoms with van der Waals surface area (Å²) >= 11 is 2.97. The van der Waals surface area contributed by atoms with Crippen LogP contribution in [-0.4, -0.2) is 36.3 Å². The molecule has 3 aromatic rings. The predicted molar refractivity (Wildman–Crippen MR) is 111 cm³/mol. The number of rotatable bonds is 6. The van der Waals surface area contributed by atoms with Gasteiger partial charge in [-0.2, -0.15) is 0 Å². The van der Waals surface area contributed by atoms with E-state index in [2.05, 4.69) is 20.9 Å². The molecule has 0 N–H and O–H groups in total. The number of hydrogen-bond donors (Lipinski definition) is 0. The monoisotopic (exact) mass is 468 g/mol. The molecular formula is C21H23BrF2N2O3. The lowest BCUT2D eigenvalue weighted by atomic mass is 10.1. The molecule has 0 saturated heterocycles. The van der Waals surface area contributed by atoms with Crippen LogP contribution in [0.15, 0.2) is 34.8 Å². The van der Waals surface area contributed by atoms with Crippen molar-refractivity contribution in [1.82, 2.24) is 9.55 Å². The van der Waals surface area contributed by atoms with Gasteiger partial charge < -0.3 is 14.0 Å². The number of carbonyl (C=O) groups excluding carboxylic acids is 1. The van der Waals surface area contributed by atoms with Crippen molar-refractivity contribution < 1.29 is 23.0 Å². The standard InChI is InChI=1S/C19H17BrF2N2O3.C2H6/c1-26-6-5-24-17-8-11(19(25)27-2)3-4-16(17)23-18(24)9-12-7-15(22)13(20)10-14(12)21;1-2/h3-4,7-8,10H,5-6,9H2,1-2H3;1-2H3. The van der Waals surface area contributed by atoms with E-state index < -0.39 is 17.6 Å². The Balaban J connectivity index is 0.00000145. The molecule has 0 fully saturated rings. The second kappa shape index (κ2) is 10.5. The van der Waals surface area contributed by atoms with Gasteiger partial charge in [-0.25, -0.2) is 18.6 Å². The Labute approximate surface area is 176 Å². The van der Waals surface area contributed by atoms with Gasteiger partial charge in [-0.05, 0) is 51.8 Å². The highest BCUT2D eigenvalue weighted by molar-refractivity contribution is 9.10. The van der Waals surface area contributed by atoms with Crippen LogP contribution in [0.4, 0.5) is 8.78 Å². The average Bonchev–Trinajstić information content (AvgIpc) is 3.07. The number of imidazole rings is 1. The molecule has 1 heterocycles. The fourth-order valence-corrected chi connectivity index (χ4v) is 3.17. The van der Waals surface area contributed by atoms with E-state index in [4.69, 9.17) is 9.47 Å². The Kier molecular flexibility index (Phi) is 8.28. The minimum Gasteiger partial charge on any atom is -0.465 e. The summed E-state index contributed by atoms with van der Waals surface area (Å²) in [5, 5.41) is 0. The number of esters is 1. The molecule has 0 aliphatic heterocycles. The summed E-state index contributed by atoms with van der Waals surface area (Å²) < 4.78 is 39.9. The number of methoxy groups -OCH3 is 2.